The number of guanidine groups is 1. The van der Waals surface area contributed by atoms with Gasteiger partial charge >= 0.3 is 0 Å². The summed E-state index contributed by atoms with van der Waals surface area (Å²) in [5.74, 6) is 2.11. The van der Waals surface area contributed by atoms with E-state index < -0.39 is 0 Å². The predicted octanol–water partition coefficient (Wildman–Crippen LogP) is 4.11. The fraction of sp³-hybridized carbons (Fsp3) is 0.381. The van der Waals surface area contributed by atoms with Crippen LogP contribution in [0.2, 0.25) is 0 Å². The molecule has 0 amide bonds. The first-order valence-electron chi connectivity index (χ1n) is 9.26. The van der Waals surface area contributed by atoms with Crippen molar-refractivity contribution in [2.45, 2.75) is 26.9 Å². The standard InChI is InChI=1S/C21H28FN3O3.HI/c1-5-23-21(25-14-16-9-7-8-10-17(16)22)24-13-15-11-18(26-3)20(28-6-2)19(12-15)27-4;/h7-12H,5-6,13-14H2,1-4H3,(H2,23,24,25);1H. The molecule has 2 N–H and O–H groups in total. The molecule has 2 aromatic carbocycles. The largest absolute Gasteiger partial charge is 0.493 e. The zero-order valence-electron chi connectivity index (χ0n) is 17.3. The van der Waals surface area contributed by atoms with Crippen LogP contribution in [0.1, 0.15) is 25.0 Å². The highest BCUT2D eigenvalue weighted by Crippen LogP contribution is 2.38. The molecule has 29 heavy (non-hydrogen) atoms. The van der Waals surface area contributed by atoms with Crippen LogP contribution in [0.4, 0.5) is 4.39 Å². The molecular weight excluding hydrogens is 488 g/mol. The zero-order valence-corrected chi connectivity index (χ0v) is 19.6. The van der Waals surface area contributed by atoms with Crippen molar-refractivity contribution in [3.8, 4) is 17.2 Å². The second-order valence-electron chi connectivity index (χ2n) is 5.90. The van der Waals surface area contributed by atoms with Gasteiger partial charge in [0.2, 0.25) is 5.75 Å². The van der Waals surface area contributed by atoms with Gasteiger partial charge in [0.15, 0.2) is 17.5 Å². The van der Waals surface area contributed by atoms with Gasteiger partial charge in [-0.3, -0.25) is 0 Å². The summed E-state index contributed by atoms with van der Waals surface area (Å²) in [5.41, 5.74) is 1.48. The predicted molar refractivity (Wildman–Crippen MR) is 124 cm³/mol. The Morgan fingerprint density at radius 3 is 2.24 bits per heavy atom. The van der Waals surface area contributed by atoms with Crippen molar-refractivity contribution in [3.05, 3.63) is 53.3 Å². The van der Waals surface area contributed by atoms with E-state index in [9.17, 15) is 4.39 Å². The van der Waals surface area contributed by atoms with E-state index in [1.54, 1.807) is 26.4 Å². The summed E-state index contributed by atoms with van der Waals surface area (Å²) in [4.78, 5) is 4.57. The number of methoxy groups -OCH3 is 2. The molecule has 0 heterocycles. The Labute approximate surface area is 188 Å². The van der Waals surface area contributed by atoms with Crippen LogP contribution in [-0.4, -0.2) is 33.3 Å². The highest BCUT2D eigenvalue weighted by molar-refractivity contribution is 14.0. The first-order valence-corrected chi connectivity index (χ1v) is 9.26. The quantitative estimate of drug-likeness (QED) is 0.298. The maximum atomic E-state index is 13.8. The fourth-order valence-corrected chi connectivity index (χ4v) is 2.64. The lowest BCUT2D eigenvalue weighted by atomic mass is 10.2. The Kier molecular flexibility index (Phi) is 11.2. The van der Waals surface area contributed by atoms with E-state index in [1.807, 2.05) is 32.0 Å². The normalized spacial score (nSPS) is 10.7. The summed E-state index contributed by atoms with van der Waals surface area (Å²) < 4.78 is 30.3. The number of hydrogen-bond acceptors (Lipinski definition) is 4. The number of nitrogens with zero attached hydrogens (tertiary/aromatic N) is 1. The minimum absolute atomic E-state index is 0. The van der Waals surface area contributed by atoms with Gasteiger partial charge < -0.3 is 24.8 Å². The Bertz CT molecular complexity index is 777. The fourth-order valence-electron chi connectivity index (χ4n) is 2.64. The SMILES string of the molecule is CCNC(=NCc1cc(OC)c(OCC)c(OC)c1)NCc1ccccc1F.I. The van der Waals surface area contributed by atoms with Gasteiger partial charge in [-0.15, -0.1) is 24.0 Å². The molecule has 0 spiro atoms. The molecule has 0 aromatic heterocycles. The van der Waals surface area contributed by atoms with Crippen LogP contribution in [0.3, 0.4) is 0 Å². The monoisotopic (exact) mass is 517 g/mol. The van der Waals surface area contributed by atoms with Crippen molar-refractivity contribution >= 4 is 29.9 Å². The third-order valence-corrected chi connectivity index (χ3v) is 3.98. The molecule has 0 unspecified atom stereocenters. The van der Waals surface area contributed by atoms with Gasteiger partial charge in [-0.1, -0.05) is 18.2 Å². The molecule has 2 rings (SSSR count). The lowest BCUT2D eigenvalue weighted by Crippen LogP contribution is -2.37. The van der Waals surface area contributed by atoms with Gasteiger partial charge in [-0.2, -0.15) is 0 Å². The maximum Gasteiger partial charge on any atom is 0.203 e. The van der Waals surface area contributed by atoms with Crippen molar-refractivity contribution in [2.24, 2.45) is 4.99 Å². The van der Waals surface area contributed by atoms with Crippen molar-refractivity contribution in [1.82, 2.24) is 10.6 Å². The third kappa shape index (κ3) is 7.26. The average Bonchev–Trinajstić information content (AvgIpc) is 2.71. The molecule has 0 bridgehead atoms. The number of halogens is 2. The number of rotatable bonds is 9. The molecule has 0 atom stereocenters. The second kappa shape index (κ2) is 13.1. The van der Waals surface area contributed by atoms with Gasteiger partial charge in [-0.25, -0.2) is 9.38 Å². The van der Waals surface area contributed by atoms with Crippen molar-refractivity contribution in [3.63, 3.8) is 0 Å². The lowest BCUT2D eigenvalue weighted by Gasteiger charge is -2.15. The van der Waals surface area contributed by atoms with Gasteiger partial charge in [0, 0.05) is 18.7 Å². The van der Waals surface area contributed by atoms with Crippen LogP contribution < -0.4 is 24.8 Å². The Morgan fingerprint density at radius 1 is 1.03 bits per heavy atom. The van der Waals surface area contributed by atoms with Crippen LogP contribution in [0, 0.1) is 5.82 Å². The number of hydrogen-bond donors (Lipinski definition) is 2. The highest BCUT2D eigenvalue weighted by Gasteiger charge is 2.14. The van der Waals surface area contributed by atoms with Crippen LogP contribution in [0.5, 0.6) is 17.2 Å². The van der Waals surface area contributed by atoms with E-state index in [-0.39, 0.29) is 29.8 Å². The van der Waals surface area contributed by atoms with Gasteiger partial charge in [0.05, 0.1) is 27.4 Å². The summed E-state index contributed by atoms with van der Waals surface area (Å²) in [6.07, 6.45) is 0. The Morgan fingerprint density at radius 2 is 1.69 bits per heavy atom. The van der Waals surface area contributed by atoms with E-state index in [2.05, 4.69) is 15.6 Å². The average molecular weight is 517 g/mol. The van der Waals surface area contributed by atoms with Gasteiger partial charge in [-0.05, 0) is 37.6 Å². The minimum atomic E-state index is -0.244. The summed E-state index contributed by atoms with van der Waals surface area (Å²) in [6, 6.07) is 10.4. The Balaban J connectivity index is 0.00000420. The highest BCUT2D eigenvalue weighted by atomic mass is 127. The zero-order chi connectivity index (χ0) is 20.4. The van der Waals surface area contributed by atoms with Crippen LogP contribution in [0.25, 0.3) is 0 Å². The van der Waals surface area contributed by atoms with E-state index in [0.717, 1.165) is 5.56 Å². The number of ether oxygens (including phenoxy) is 3. The van der Waals surface area contributed by atoms with Crippen molar-refractivity contribution < 1.29 is 18.6 Å². The third-order valence-electron chi connectivity index (χ3n) is 3.98. The molecule has 0 aliphatic rings. The number of nitrogens with one attached hydrogen (secondary N) is 2. The molecule has 6 nitrogen and oxygen atoms in total. The topological polar surface area (TPSA) is 64.1 Å². The molecule has 0 aliphatic carbocycles. The maximum absolute atomic E-state index is 13.8. The van der Waals surface area contributed by atoms with Gasteiger partial charge in [0.1, 0.15) is 5.82 Å². The van der Waals surface area contributed by atoms with E-state index >= 15 is 0 Å². The smallest absolute Gasteiger partial charge is 0.203 e. The summed E-state index contributed by atoms with van der Waals surface area (Å²) in [6.45, 7) is 5.82. The summed E-state index contributed by atoms with van der Waals surface area (Å²) >= 11 is 0. The van der Waals surface area contributed by atoms with E-state index in [1.165, 1.54) is 6.07 Å². The van der Waals surface area contributed by atoms with Crippen LogP contribution in [0.15, 0.2) is 41.4 Å². The van der Waals surface area contributed by atoms with Crippen molar-refractivity contribution in [2.75, 3.05) is 27.4 Å². The second-order valence-corrected chi connectivity index (χ2v) is 5.90. The molecule has 0 saturated heterocycles. The Hall–Kier alpha value is -2.23. The van der Waals surface area contributed by atoms with Gasteiger partial charge in [0.25, 0.3) is 0 Å². The minimum Gasteiger partial charge on any atom is -0.493 e. The molecule has 0 radical (unpaired) electrons. The number of aliphatic imine (C=N–C) groups is 1. The molecule has 8 heteroatoms. The van der Waals surface area contributed by atoms with Crippen LogP contribution >= 0.6 is 24.0 Å². The summed E-state index contributed by atoms with van der Waals surface area (Å²) in [7, 11) is 3.18. The molecule has 2 aromatic rings. The van der Waals surface area contributed by atoms with Crippen molar-refractivity contribution in [1.29, 1.82) is 0 Å². The first kappa shape index (κ1) is 24.8. The van der Waals surface area contributed by atoms with E-state index in [0.29, 0.717) is 55.0 Å². The van der Waals surface area contributed by atoms with E-state index in [4.69, 9.17) is 14.2 Å². The molecule has 0 fully saturated rings. The summed E-state index contributed by atoms with van der Waals surface area (Å²) in [5, 5.41) is 6.31. The first-order chi connectivity index (χ1) is 13.6. The molecule has 0 aliphatic heterocycles. The number of benzene rings is 2. The molecular formula is C21H29FIN3O3. The van der Waals surface area contributed by atoms with Crippen LogP contribution in [-0.2, 0) is 13.1 Å². The lowest BCUT2D eigenvalue weighted by molar-refractivity contribution is 0.288. The molecule has 0 saturated carbocycles. The molecule has 160 valence electrons.